The van der Waals surface area contributed by atoms with Crippen LogP contribution in [0.5, 0.6) is 0 Å². The van der Waals surface area contributed by atoms with Gasteiger partial charge in [0.2, 0.25) is 5.91 Å². The van der Waals surface area contributed by atoms with Gasteiger partial charge in [0.15, 0.2) is 0 Å². The summed E-state index contributed by atoms with van der Waals surface area (Å²) in [6, 6.07) is 10.0. The lowest BCUT2D eigenvalue weighted by Crippen LogP contribution is -2.49. The maximum absolute atomic E-state index is 12.2. The Labute approximate surface area is 115 Å². The fourth-order valence-electron chi connectivity index (χ4n) is 2.48. The van der Waals surface area contributed by atoms with E-state index in [9.17, 15) is 4.79 Å². The first-order chi connectivity index (χ1) is 9.18. The van der Waals surface area contributed by atoms with Crippen LogP contribution in [-0.2, 0) is 4.79 Å². The van der Waals surface area contributed by atoms with Crippen molar-refractivity contribution < 1.29 is 4.79 Å². The second-order valence-electron chi connectivity index (χ2n) is 5.18. The van der Waals surface area contributed by atoms with Crippen LogP contribution in [0.3, 0.4) is 0 Å². The van der Waals surface area contributed by atoms with Crippen LogP contribution in [0.2, 0.25) is 0 Å². The van der Waals surface area contributed by atoms with E-state index in [1.807, 2.05) is 44.3 Å². The van der Waals surface area contributed by atoms with Crippen molar-refractivity contribution in [2.45, 2.75) is 31.8 Å². The van der Waals surface area contributed by atoms with E-state index in [1.165, 1.54) is 0 Å². The van der Waals surface area contributed by atoms with E-state index >= 15 is 0 Å². The third-order valence-electron chi connectivity index (χ3n) is 3.92. The zero-order valence-corrected chi connectivity index (χ0v) is 11.7. The lowest BCUT2D eigenvalue weighted by atomic mass is 10.0. The first-order valence-corrected chi connectivity index (χ1v) is 6.97. The molecule has 1 amide bonds. The number of amides is 1. The fourth-order valence-corrected chi connectivity index (χ4v) is 2.48. The Hall–Kier alpha value is -1.39. The van der Waals surface area contributed by atoms with Crippen LogP contribution in [-0.4, -0.2) is 43.0 Å². The van der Waals surface area contributed by atoms with Gasteiger partial charge >= 0.3 is 0 Å². The van der Waals surface area contributed by atoms with Crippen molar-refractivity contribution in [1.29, 1.82) is 0 Å². The third-order valence-corrected chi connectivity index (χ3v) is 3.92. The van der Waals surface area contributed by atoms with E-state index in [-0.39, 0.29) is 11.9 Å². The topological polar surface area (TPSA) is 44.4 Å². The third kappa shape index (κ3) is 3.78. The summed E-state index contributed by atoms with van der Waals surface area (Å²) in [5.74, 6) is 0.0623. The van der Waals surface area contributed by atoms with Crippen molar-refractivity contribution in [3.05, 3.63) is 30.3 Å². The molecule has 1 heterocycles. The summed E-state index contributed by atoms with van der Waals surface area (Å²) in [6.45, 7) is 4.06. The highest BCUT2D eigenvalue weighted by Gasteiger charge is 2.25. The molecule has 4 nitrogen and oxygen atoms in total. The standard InChI is InChI=1S/C15H23N3O/c1-12(18(2)14-8-10-16-11-9-14)15(19)17-13-6-4-3-5-7-13/h3-7,12,14,16H,8-11H2,1-2H3,(H,17,19). The number of carbonyl (C=O) groups excluding carboxylic acids is 1. The van der Waals surface area contributed by atoms with Gasteiger partial charge in [-0.2, -0.15) is 0 Å². The average Bonchev–Trinajstić information content (AvgIpc) is 2.47. The Morgan fingerprint density at radius 2 is 1.95 bits per heavy atom. The molecule has 4 heteroatoms. The smallest absolute Gasteiger partial charge is 0.241 e. The summed E-state index contributed by atoms with van der Waals surface area (Å²) in [7, 11) is 2.05. The van der Waals surface area contributed by atoms with E-state index in [0.29, 0.717) is 6.04 Å². The van der Waals surface area contributed by atoms with Crippen LogP contribution in [0.15, 0.2) is 30.3 Å². The summed E-state index contributed by atoms with van der Waals surface area (Å²) in [5.41, 5.74) is 0.859. The highest BCUT2D eigenvalue weighted by molar-refractivity contribution is 5.94. The van der Waals surface area contributed by atoms with E-state index in [2.05, 4.69) is 15.5 Å². The lowest BCUT2D eigenvalue weighted by Gasteiger charge is -2.35. The molecular formula is C15H23N3O. The Bertz CT molecular complexity index is 401. The van der Waals surface area contributed by atoms with Crippen molar-refractivity contribution in [2.24, 2.45) is 0 Å². The summed E-state index contributed by atoms with van der Waals surface area (Å²) < 4.78 is 0. The number of anilines is 1. The lowest BCUT2D eigenvalue weighted by molar-refractivity contribution is -0.121. The van der Waals surface area contributed by atoms with Gasteiger partial charge in [0.05, 0.1) is 6.04 Å². The number of hydrogen-bond acceptors (Lipinski definition) is 3. The van der Waals surface area contributed by atoms with Gasteiger partial charge in [-0.05, 0) is 52.0 Å². The van der Waals surface area contributed by atoms with Gasteiger partial charge in [-0.3, -0.25) is 9.69 Å². The molecule has 0 bridgehead atoms. The SMILES string of the molecule is CC(C(=O)Nc1ccccc1)N(C)C1CCNCC1. The van der Waals surface area contributed by atoms with Gasteiger partial charge in [0, 0.05) is 11.7 Å². The summed E-state index contributed by atoms with van der Waals surface area (Å²) in [5, 5.41) is 6.32. The predicted molar refractivity (Wildman–Crippen MR) is 78.2 cm³/mol. The molecule has 0 saturated carbocycles. The molecule has 0 radical (unpaired) electrons. The molecule has 1 aliphatic heterocycles. The normalized spacial score (nSPS) is 18.3. The van der Waals surface area contributed by atoms with Crippen LogP contribution < -0.4 is 10.6 Å². The van der Waals surface area contributed by atoms with Gasteiger partial charge in [0.1, 0.15) is 0 Å². The average molecular weight is 261 g/mol. The quantitative estimate of drug-likeness (QED) is 0.867. The molecule has 1 atom stereocenters. The highest BCUT2D eigenvalue weighted by atomic mass is 16.2. The Kier molecular flexibility index (Phi) is 4.93. The molecule has 1 aliphatic rings. The number of carbonyl (C=O) groups is 1. The molecule has 1 aromatic rings. The van der Waals surface area contributed by atoms with Crippen molar-refractivity contribution in [1.82, 2.24) is 10.2 Å². The number of para-hydroxylation sites is 1. The maximum Gasteiger partial charge on any atom is 0.241 e. The molecule has 2 rings (SSSR count). The number of rotatable bonds is 4. The number of nitrogens with zero attached hydrogens (tertiary/aromatic N) is 1. The van der Waals surface area contributed by atoms with Crippen LogP contribution in [0.25, 0.3) is 0 Å². The largest absolute Gasteiger partial charge is 0.325 e. The molecule has 1 saturated heterocycles. The molecule has 2 N–H and O–H groups in total. The molecule has 0 aromatic heterocycles. The minimum absolute atomic E-state index is 0.0623. The maximum atomic E-state index is 12.2. The second kappa shape index (κ2) is 6.68. The highest BCUT2D eigenvalue weighted by Crippen LogP contribution is 2.14. The number of nitrogens with one attached hydrogen (secondary N) is 2. The van der Waals surface area contributed by atoms with Gasteiger partial charge < -0.3 is 10.6 Å². The molecular weight excluding hydrogens is 238 g/mol. The first kappa shape index (κ1) is 14.0. The molecule has 1 aromatic carbocycles. The minimum atomic E-state index is -0.108. The fraction of sp³-hybridized carbons (Fsp3) is 0.533. The molecule has 1 unspecified atom stereocenters. The molecule has 104 valence electrons. The van der Waals surface area contributed by atoms with Crippen molar-refractivity contribution in [2.75, 3.05) is 25.5 Å². The van der Waals surface area contributed by atoms with Crippen LogP contribution in [0, 0.1) is 0 Å². The van der Waals surface area contributed by atoms with Gasteiger partial charge in [-0.15, -0.1) is 0 Å². The monoisotopic (exact) mass is 261 g/mol. The zero-order chi connectivity index (χ0) is 13.7. The number of piperidine rings is 1. The molecule has 1 fully saturated rings. The molecule has 0 spiro atoms. The van der Waals surface area contributed by atoms with Crippen LogP contribution >= 0.6 is 0 Å². The van der Waals surface area contributed by atoms with E-state index in [4.69, 9.17) is 0 Å². The van der Waals surface area contributed by atoms with Crippen molar-refractivity contribution in [3.63, 3.8) is 0 Å². The zero-order valence-electron chi connectivity index (χ0n) is 11.7. The number of likely N-dealkylation sites (N-methyl/N-ethyl adjacent to an activating group) is 1. The Balaban J connectivity index is 1.90. The molecule has 19 heavy (non-hydrogen) atoms. The predicted octanol–water partition coefficient (Wildman–Crippen LogP) is 1.70. The summed E-state index contributed by atoms with van der Waals surface area (Å²) in [4.78, 5) is 14.4. The Morgan fingerprint density at radius 3 is 2.58 bits per heavy atom. The van der Waals surface area contributed by atoms with Gasteiger partial charge in [-0.1, -0.05) is 18.2 Å². The van der Waals surface area contributed by atoms with E-state index in [0.717, 1.165) is 31.6 Å². The Morgan fingerprint density at radius 1 is 1.32 bits per heavy atom. The summed E-state index contributed by atoms with van der Waals surface area (Å²) >= 11 is 0. The first-order valence-electron chi connectivity index (χ1n) is 6.97. The minimum Gasteiger partial charge on any atom is -0.325 e. The van der Waals surface area contributed by atoms with Crippen LogP contribution in [0.1, 0.15) is 19.8 Å². The van der Waals surface area contributed by atoms with Crippen LogP contribution in [0.4, 0.5) is 5.69 Å². The van der Waals surface area contributed by atoms with E-state index < -0.39 is 0 Å². The van der Waals surface area contributed by atoms with Gasteiger partial charge in [0.25, 0.3) is 0 Å². The van der Waals surface area contributed by atoms with Gasteiger partial charge in [-0.25, -0.2) is 0 Å². The van der Waals surface area contributed by atoms with Crippen molar-refractivity contribution in [3.8, 4) is 0 Å². The number of benzene rings is 1. The number of hydrogen-bond donors (Lipinski definition) is 2. The van der Waals surface area contributed by atoms with Crippen molar-refractivity contribution >= 4 is 11.6 Å². The summed E-state index contributed by atoms with van der Waals surface area (Å²) in [6.07, 6.45) is 2.22. The van der Waals surface area contributed by atoms with E-state index in [1.54, 1.807) is 0 Å². The second-order valence-corrected chi connectivity index (χ2v) is 5.18. The molecule has 0 aliphatic carbocycles.